The molecule has 0 saturated carbocycles. The maximum Gasteiger partial charge on any atom is 0.308 e. The number of amides is 1. The van der Waals surface area contributed by atoms with Gasteiger partial charge in [-0.15, -0.1) is 11.3 Å². The van der Waals surface area contributed by atoms with Crippen LogP contribution in [0.4, 0.5) is 0 Å². The molecule has 0 aliphatic carbocycles. The lowest BCUT2D eigenvalue weighted by atomic mass is 10.0. The first-order chi connectivity index (χ1) is 8.00. The van der Waals surface area contributed by atoms with Gasteiger partial charge < -0.3 is 10.0 Å². The van der Waals surface area contributed by atoms with E-state index in [-0.39, 0.29) is 11.9 Å². The Morgan fingerprint density at radius 1 is 1.59 bits per heavy atom. The van der Waals surface area contributed by atoms with Gasteiger partial charge in [0.05, 0.1) is 14.4 Å². The van der Waals surface area contributed by atoms with Crippen LogP contribution in [0.3, 0.4) is 0 Å². The molecular formula is C11H12INO3S. The molecule has 2 heterocycles. The monoisotopic (exact) mass is 365 g/mol. The van der Waals surface area contributed by atoms with E-state index in [2.05, 4.69) is 22.6 Å². The quantitative estimate of drug-likeness (QED) is 0.819. The predicted molar refractivity (Wildman–Crippen MR) is 73.3 cm³/mol. The van der Waals surface area contributed by atoms with E-state index in [4.69, 9.17) is 5.11 Å². The molecule has 1 aromatic heterocycles. The Labute approximate surface area is 117 Å². The molecule has 1 aliphatic rings. The molecular weight excluding hydrogens is 353 g/mol. The molecule has 1 N–H and O–H groups in total. The molecule has 1 fully saturated rings. The Morgan fingerprint density at radius 3 is 2.76 bits per heavy atom. The minimum absolute atomic E-state index is 0.0552. The molecule has 6 heteroatoms. The summed E-state index contributed by atoms with van der Waals surface area (Å²) in [5, 5.41) is 10.8. The molecule has 1 saturated heterocycles. The summed E-state index contributed by atoms with van der Waals surface area (Å²) in [4.78, 5) is 24.8. The summed E-state index contributed by atoms with van der Waals surface area (Å²) in [6.45, 7) is 2.34. The van der Waals surface area contributed by atoms with Gasteiger partial charge in [0.15, 0.2) is 0 Å². The lowest BCUT2D eigenvalue weighted by Crippen LogP contribution is -2.37. The topological polar surface area (TPSA) is 57.6 Å². The lowest BCUT2D eigenvalue weighted by Gasteiger charge is -2.22. The highest BCUT2D eigenvalue weighted by Gasteiger charge is 2.38. The average Bonchev–Trinajstić information content (AvgIpc) is 2.83. The van der Waals surface area contributed by atoms with Gasteiger partial charge in [-0.25, -0.2) is 0 Å². The first kappa shape index (κ1) is 12.8. The van der Waals surface area contributed by atoms with Crippen molar-refractivity contribution >= 4 is 45.8 Å². The Balaban J connectivity index is 2.14. The smallest absolute Gasteiger partial charge is 0.308 e. The number of thiophene rings is 1. The van der Waals surface area contributed by atoms with E-state index < -0.39 is 11.9 Å². The number of hydrogen-bond donors (Lipinski definition) is 1. The van der Waals surface area contributed by atoms with E-state index in [1.807, 2.05) is 11.4 Å². The molecule has 17 heavy (non-hydrogen) atoms. The highest BCUT2D eigenvalue weighted by atomic mass is 127. The third kappa shape index (κ3) is 2.47. The van der Waals surface area contributed by atoms with Crippen LogP contribution >= 0.6 is 33.9 Å². The largest absolute Gasteiger partial charge is 0.481 e. The number of hydrogen-bond acceptors (Lipinski definition) is 3. The van der Waals surface area contributed by atoms with Crippen LogP contribution in [0, 0.1) is 8.80 Å². The van der Waals surface area contributed by atoms with Gasteiger partial charge in [0.1, 0.15) is 0 Å². The van der Waals surface area contributed by atoms with E-state index >= 15 is 0 Å². The molecule has 0 aromatic carbocycles. The number of carbonyl (C=O) groups is 2. The van der Waals surface area contributed by atoms with Crippen molar-refractivity contribution in [3.63, 3.8) is 0 Å². The third-order valence-corrected chi connectivity index (χ3v) is 4.94. The van der Waals surface area contributed by atoms with E-state index in [9.17, 15) is 9.59 Å². The summed E-state index contributed by atoms with van der Waals surface area (Å²) in [6.07, 6.45) is 0.545. The highest BCUT2D eigenvalue weighted by Crippen LogP contribution is 2.27. The Bertz CT molecular complexity index is 459. The summed E-state index contributed by atoms with van der Waals surface area (Å²) < 4.78 is 1.06. The number of halogens is 1. The van der Waals surface area contributed by atoms with Gasteiger partial charge in [0.25, 0.3) is 5.91 Å². The fourth-order valence-electron chi connectivity index (χ4n) is 2.14. The maximum absolute atomic E-state index is 12.2. The van der Waals surface area contributed by atoms with E-state index in [0.29, 0.717) is 18.5 Å². The van der Waals surface area contributed by atoms with Crippen LogP contribution in [-0.4, -0.2) is 34.5 Å². The maximum atomic E-state index is 12.2. The molecule has 1 aliphatic heterocycles. The first-order valence-electron chi connectivity index (χ1n) is 5.28. The van der Waals surface area contributed by atoms with Crippen LogP contribution < -0.4 is 0 Å². The van der Waals surface area contributed by atoms with Crippen LogP contribution in [-0.2, 0) is 4.79 Å². The molecule has 0 bridgehead atoms. The number of carbonyl (C=O) groups excluding carboxylic acids is 1. The van der Waals surface area contributed by atoms with Crippen LogP contribution in [0.1, 0.15) is 23.7 Å². The van der Waals surface area contributed by atoms with Crippen LogP contribution in [0.5, 0.6) is 0 Å². The Kier molecular flexibility index (Phi) is 3.72. The van der Waals surface area contributed by atoms with Gasteiger partial charge in [-0.1, -0.05) is 0 Å². The van der Waals surface area contributed by atoms with Crippen molar-refractivity contribution in [1.82, 2.24) is 4.90 Å². The summed E-state index contributed by atoms with van der Waals surface area (Å²) >= 11 is 3.69. The van der Waals surface area contributed by atoms with Crippen molar-refractivity contribution < 1.29 is 14.7 Å². The standard InChI is InChI=1S/C11H12INO3S/c1-6-8(11(15)16)2-3-13(6)10(14)7-4-9(12)17-5-7/h4-6,8H,2-3H2,1H3,(H,15,16). The first-order valence-corrected chi connectivity index (χ1v) is 7.24. The fourth-order valence-corrected chi connectivity index (χ4v) is 3.46. The SMILES string of the molecule is CC1C(C(=O)O)CCN1C(=O)c1csc(I)c1. The van der Waals surface area contributed by atoms with Crippen LogP contribution in [0.25, 0.3) is 0 Å². The van der Waals surface area contributed by atoms with Crippen molar-refractivity contribution in [2.24, 2.45) is 5.92 Å². The Hall–Kier alpha value is -0.630. The Morgan fingerprint density at radius 2 is 2.29 bits per heavy atom. The number of carboxylic acid groups (broad SMARTS) is 1. The molecule has 0 spiro atoms. The molecule has 1 aromatic rings. The minimum atomic E-state index is -0.812. The van der Waals surface area contributed by atoms with Crippen LogP contribution in [0.15, 0.2) is 11.4 Å². The molecule has 4 nitrogen and oxygen atoms in total. The van der Waals surface area contributed by atoms with Gasteiger partial charge in [-0.3, -0.25) is 9.59 Å². The predicted octanol–water partition coefficient (Wildman–Crippen LogP) is 2.29. The average molecular weight is 365 g/mol. The van der Waals surface area contributed by atoms with E-state index in [0.717, 1.165) is 2.88 Å². The molecule has 0 radical (unpaired) electrons. The second-order valence-corrected chi connectivity index (χ2v) is 6.92. The van der Waals surface area contributed by atoms with Gasteiger partial charge >= 0.3 is 5.97 Å². The molecule has 2 rings (SSSR count). The number of carboxylic acids is 1. The lowest BCUT2D eigenvalue weighted by molar-refractivity contribution is -0.142. The van der Waals surface area contributed by atoms with Gasteiger partial charge in [-0.05, 0) is 42.0 Å². The zero-order valence-corrected chi connectivity index (χ0v) is 12.2. The summed E-state index contributed by atoms with van der Waals surface area (Å²) in [6, 6.07) is 1.62. The van der Waals surface area contributed by atoms with E-state index in [1.165, 1.54) is 11.3 Å². The molecule has 2 atom stereocenters. The summed E-state index contributed by atoms with van der Waals surface area (Å²) in [5.74, 6) is -1.30. The second-order valence-electron chi connectivity index (χ2n) is 4.11. The summed E-state index contributed by atoms with van der Waals surface area (Å²) in [5.41, 5.74) is 0.664. The van der Waals surface area contributed by atoms with Gasteiger partial charge in [0, 0.05) is 18.0 Å². The fraction of sp³-hybridized carbons (Fsp3) is 0.455. The van der Waals surface area contributed by atoms with Crippen LogP contribution in [0.2, 0.25) is 0 Å². The minimum Gasteiger partial charge on any atom is -0.481 e. The van der Waals surface area contributed by atoms with Crippen molar-refractivity contribution in [2.75, 3.05) is 6.54 Å². The normalized spacial score (nSPS) is 24.0. The van der Waals surface area contributed by atoms with Gasteiger partial charge in [-0.2, -0.15) is 0 Å². The molecule has 1 amide bonds. The molecule has 2 unspecified atom stereocenters. The van der Waals surface area contributed by atoms with Gasteiger partial charge in [0.2, 0.25) is 0 Å². The zero-order valence-electron chi connectivity index (χ0n) is 9.22. The zero-order chi connectivity index (χ0) is 12.6. The van der Waals surface area contributed by atoms with Crippen molar-refractivity contribution in [1.29, 1.82) is 0 Å². The second kappa shape index (κ2) is 4.93. The van der Waals surface area contributed by atoms with Crippen molar-refractivity contribution in [3.05, 3.63) is 19.9 Å². The highest BCUT2D eigenvalue weighted by molar-refractivity contribution is 14.1. The van der Waals surface area contributed by atoms with E-state index in [1.54, 1.807) is 11.8 Å². The number of aliphatic carboxylic acids is 1. The number of likely N-dealkylation sites (tertiary alicyclic amines) is 1. The summed E-state index contributed by atoms with van der Waals surface area (Å²) in [7, 11) is 0. The van der Waals surface area contributed by atoms with Crippen molar-refractivity contribution in [3.8, 4) is 0 Å². The third-order valence-electron chi connectivity index (χ3n) is 3.15. The molecule has 92 valence electrons. The number of rotatable bonds is 2. The number of nitrogens with zero attached hydrogens (tertiary/aromatic N) is 1. The van der Waals surface area contributed by atoms with Crippen molar-refractivity contribution in [2.45, 2.75) is 19.4 Å².